The van der Waals surface area contributed by atoms with Crippen molar-refractivity contribution in [2.45, 2.75) is 58.3 Å². The Morgan fingerprint density at radius 3 is 2.47 bits per heavy atom. The van der Waals surface area contributed by atoms with Crippen LogP contribution in [0.25, 0.3) is 0 Å². The minimum absolute atomic E-state index is 0.0282. The van der Waals surface area contributed by atoms with Gasteiger partial charge in [-0.3, -0.25) is 10.1 Å². The number of hydrogen-bond acceptors (Lipinski definition) is 3. The van der Waals surface area contributed by atoms with Gasteiger partial charge in [0.25, 0.3) is 0 Å². The molecular weight excluding hydrogens is 238 g/mol. The van der Waals surface area contributed by atoms with Gasteiger partial charge in [-0.15, -0.1) is 0 Å². The average molecular weight is 265 g/mol. The normalized spacial score (nSPS) is 42.4. The quantitative estimate of drug-likeness (QED) is 0.835. The molecule has 4 heterocycles. The summed E-state index contributed by atoms with van der Waals surface area (Å²) >= 11 is 0. The van der Waals surface area contributed by atoms with Gasteiger partial charge in [0.1, 0.15) is 0 Å². The molecule has 0 aliphatic carbocycles. The summed E-state index contributed by atoms with van der Waals surface area (Å²) < 4.78 is 0. The zero-order valence-corrected chi connectivity index (χ0v) is 12.4. The van der Waals surface area contributed by atoms with E-state index < -0.39 is 0 Å². The van der Waals surface area contributed by atoms with E-state index in [0.29, 0.717) is 17.9 Å². The van der Waals surface area contributed by atoms with E-state index in [1.54, 1.807) is 0 Å². The number of carbonyl (C=O) groups is 1. The van der Waals surface area contributed by atoms with Crippen LogP contribution in [0.1, 0.15) is 40.0 Å². The van der Waals surface area contributed by atoms with Crippen molar-refractivity contribution >= 4 is 5.91 Å². The number of nitrogens with one attached hydrogen (secondary N) is 1. The van der Waals surface area contributed by atoms with E-state index in [9.17, 15) is 4.79 Å². The summed E-state index contributed by atoms with van der Waals surface area (Å²) in [5.74, 6) is 1.46. The van der Waals surface area contributed by atoms with Gasteiger partial charge in [0.05, 0.1) is 12.2 Å². The van der Waals surface area contributed by atoms with Gasteiger partial charge in [-0.2, -0.15) is 0 Å². The first kappa shape index (κ1) is 13.4. The zero-order valence-electron chi connectivity index (χ0n) is 12.4. The molecule has 4 aliphatic rings. The molecule has 0 aromatic rings. The number of hydrogen-bond donors (Lipinski definition) is 1. The molecule has 0 spiro atoms. The topological polar surface area (TPSA) is 35.6 Å². The standard InChI is InChI=1S/C15H27N3O/c1-4-13-16-14(10(2)3)15(19)18(13)12-9-17-7-5-11(12)6-8-17/h10-14,16H,4-9H2,1-3H3. The van der Waals surface area contributed by atoms with Gasteiger partial charge in [0, 0.05) is 12.6 Å². The van der Waals surface area contributed by atoms with Crippen molar-refractivity contribution < 1.29 is 4.79 Å². The lowest BCUT2D eigenvalue weighted by atomic mass is 9.82. The molecular formula is C15H27N3O. The maximum Gasteiger partial charge on any atom is 0.241 e. The maximum atomic E-state index is 12.7. The van der Waals surface area contributed by atoms with Gasteiger partial charge in [0.2, 0.25) is 5.91 Å². The SMILES string of the molecule is CCC1NC(C(C)C)C(=O)N1C1CN2CCC1CC2. The minimum Gasteiger partial charge on any atom is -0.321 e. The van der Waals surface area contributed by atoms with Gasteiger partial charge >= 0.3 is 0 Å². The molecule has 0 aromatic heterocycles. The molecule has 19 heavy (non-hydrogen) atoms. The predicted molar refractivity (Wildman–Crippen MR) is 75.6 cm³/mol. The van der Waals surface area contributed by atoms with Crippen molar-refractivity contribution in [2.24, 2.45) is 11.8 Å². The monoisotopic (exact) mass is 265 g/mol. The van der Waals surface area contributed by atoms with Crippen LogP contribution in [0.15, 0.2) is 0 Å². The molecule has 0 radical (unpaired) electrons. The van der Waals surface area contributed by atoms with Crippen LogP contribution in [-0.2, 0) is 4.79 Å². The molecule has 1 N–H and O–H groups in total. The lowest BCUT2D eigenvalue weighted by Crippen LogP contribution is -2.60. The molecule has 4 fully saturated rings. The lowest BCUT2D eigenvalue weighted by Gasteiger charge is -2.49. The Balaban J connectivity index is 1.80. The van der Waals surface area contributed by atoms with E-state index in [2.05, 4.69) is 35.9 Å². The molecule has 1 amide bonds. The predicted octanol–water partition coefficient (Wildman–Crippen LogP) is 1.27. The second-order valence-corrected chi connectivity index (χ2v) is 6.76. The van der Waals surface area contributed by atoms with E-state index in [1.165, 1.54) is 25.9 Å². The van der Waals surface area contributed by atoms with Gasteiger partial charge in [-0.05, 0) is 44.2 Å². The number of fused-ring (bicyclic) bond motifs is 3. The number of rotatable bonds is 3. The fourth-order valence-electron chi connectivity index (χ4n) is 4.11. The summed E-state index contributed by atoms with van der Waals surface area (Å²) in [4.78, 5) is 17.5. The molecule has 4 rings (SSSR count). The van der Waals surface area contributed by atoms with Crippen molar-refractivity contribution in [2.75, 3.05) is 19.6 Å². The van der Waals surface area contributed by atoms with Crippen LogP contribution in [0.5, 0.6) is 0 Å². The van der Waals surface area contributed by atoms with Crippen LogP contribution in [0.3, 0.4) is 0 Å². The van der Waals surface area contributed by atoms with E-state index in [1.807, 2.05) is 0 Å². The Bertz CT molecular complexity index is 349. The minimum atomic E-state index is 0.0282. The number of nitrogens with zero attached hydrogens (tertiary/aromatic N) is 2. The second kappa shape index (κ2) is 5.06. The van der Waals surface area contributed by atoms with Crippen molar-refractivity contribution in [1.29, 1.82) is 0 Å². The van der Waals surface area contributed by atoms with Gasteiger partial charge in [0.15, 0.2) is 0 Å². The van der Waals surface area contributed by atoms with E-state index in [0.717, 1.165) is 18.9 Å². The van der Waals surface area contributed by atoms with Crippen LogP contribution >= 0.6 is 0 Å². The zero-order chi connectivity index (χ0) is 13.6. The highest BCUT2D eigenvalue weighted by Crippen LogP contribution is 2.34. The van der Waals surface area contributed by atoms with E-state index in [-0.39, 0.29) is 12.2 Å². The Labute approximate surface area is 116 Å². The highest BCUT2D eigenvalue weighted by molar-refractivity contribution is 5.85. The third kappa shape index (κ3) is 2.19. The van der Waals surface area contributed by atoms with Crippen molar-refractivity contribution in [3.63, 3.8) is 0 Å². The Kier molecular flexibility index (Phi) is 3.56. The lowest BCUT2D eigenvalue weighted by molar-refractivity contribution is -0.137. The number of piperidine rings is 3. The summed E-state index contributed by atoms with van der Waals surface area (Å²) in [5.41, 5.74) is 0. The van der Waals surface area contributed by atoms with Crippen molar-refractivity contribution in [3.05, 3.63) is 0 Å². The van der Waals surface area contributed by atoms with Crippen LogP contribution in [0, 0.1) is 11.8 Å². The first-order valence-electron chi connectivity index (χ1n) is 7.92. The number of carbonyl (C=O) groups excluding carboxylic acids is 1. The Morgan fingerprint density at radius 2 is 2.00 bits per heavy atom. The first-order valence-corrected chi connectivity index (χ1v) is 7.92. The summed E-state index contributed by atoms with van der Waals surface area (Å²) in [5, 5.41) is 3.55. The van der Waals surface area contributed by atoms with Crippen molar-refractivity contribution in [3.8, 4) is 0 Å². The Hall–Kier alpha value is -0.610. The summed E-state index contributed by atoms with van der Waals surface area (Å²) in [6.45, 7) is 10.0. The molecule has 4 nitrogen and oxygen atoms in total. The Morgan fingerprint density at radius 1 is 1.32 bits per heavy atom. The highest BCUT2D eigenvalue weighted by atomic mass is 16.2. The molecule has 0 aromatic carbocycles. The summed E-state index contributed by atoms with van der Waals surface area (Å²) in [7, 11) is 0. The maximum absolute atomic E-state index is 12.7. The summed E-state index contributed by atoms with van der Waals surface area (Å²) in [6.07, 6.45) is 3.82. The van der Waals surface area contributed by atoms with Gasteiger partial charge in [-0.25, -0.2) is 0 Å². The molecule has 4 heteroatoms. The number of amides is 1. The first-order chi connectivity index (χ1) is 9.11. The smallest absolute Gasteiger partial charge is 0.241 e. The van der Waals surface area contributed by atoms with Crippen molar-refractivity contribution in [1.82, 2.24) is 15.1 Å². The van der Waals surface area contributed by atoms with E-state index in [4.69, 9.17) is 0 Å². The van der Waals surface area contributed by atoms with E-state index >= 15 is 0 Å². The molecule has 2 bridgehead atoms. The van der Waals surface area contributed by atoms with Gasteiger partial charge < -0.3 is 9.80 Å². The average Bonchev–Trinajstić information content (AvgIpc) is 2.77. The third-order valence-corrected chi connectivity index (χ3v) is 5.26. The highest BCUT2D eigenvalue weighted by Gasteiger charge is 2.47. The molecule has 4 aliphatic heterocycles. The molecule has 0 saturated carbocycles. The molecule has 108 valence electrons. The van der Waals surface area contributed by atoms with Crippen LogP contribution in [-0.4, -0.2) is 53.6 Å². The van der Waals surface area contributed by atoms with Crippen LogP contribution < -0.4 is 5.32 Å². The molecule has 4 saturated heterocycles. The third-order valence-electron chi connectivity index (χ3n) is 5.26. The molecule has 3 atom stereocenters. The van der Waals surface area contributed by atoms with Gasteiger partial charge in [-0.1, -0.05) is 20.8 Å². The van der Waals surface area contributed by atoms with Crippen LogP contribution in [0.4, 0.5) is 0 Å². The molecule has 3 unspecified atom stereocenters. The van der Waals surface area contributed by atoms with Crippen LogP contribution in [0.2, 0.25) is 0 Å². The largest absolute Gasteiger partial charge is 0.321 e. The fourth-order valence-corrected chi connectivity index (χ4v) is 4.11. The summed E-state index contributed by atoms with van der Waals surface area (Å²) in [6, 6.07) is 0.483. The fraction of sp³-hybridized carbons (Fsp3) is 0.933. The second-order valence-electron chi connectivity index (χ2n) is 6.76.